The minimum atomic E-state index is -0.341. The van der Waals surface area contributed by atoms with Gasteiger partial charge in [0.1, 0.15) is 6.04 Å². The molecular formula is C14H19NO2. The number of hydrogen-bond donors (Lipinski definition) is 1. The van der Waals surface area contributed by atoms with Gasteiger partial charge in [-0.15, -0.1) is 0 Å². The van der Waals surface area contributed by atoms with Gasteiger partial charge in [-0.05, 0) is 43.9 Å². The Balaban J connectivity index is 2.26. The van der Waals surface area contributed by atoms with Crippen molar-refractivity contribution in [2.75, 3.05) is 13.7 Å². The normalized spacial score (nSPS) is 16.6. The molecule has 0 amide bonds. The molecule has 1 N–H and O–H groups in total. The molecule has 0 aliphatic heterocycles. The van der Waals surface area contributed by atoms with Gasteiger partial charge in [0.2, 0.25) is 0 Å². The van der Waals surface area contributed by atoms with Crippen LogP contribution in [-0.2, 0) is 9.53 Å². The number of nitrogens with one attached hydrogen (secondary N) is 1. The maximum Gasteiger partial charge on any atom is 0.327 e. The number of ether oxygens (including phenoxy) is 1. The highest BCUT2D eigenvalue weighted by molar-refractivity contribution is 5.78. The van der Waals surface area contributed by atoms with Crippen LogP contribution in [0.3, 0.4) is 0 Å². The minimum absolute atomic E-state index is 0.192. The molecule has 1 unspecified atom stereocenters. The van der Waals surface area contributed by atoms with Crippen LogP contribution >= 0.6 is 0 Å². The van der Waals surface area contributed by atoms with E-state index in [9.17, 15) is 4.79 Å². The predicted octanol–water partition coefficient (Wildman–Crippen LogP) is 2.39. The number of carbonyl (C=O) groups is 1. The second kappa shape index (κ2) is 5.32. The maximum absolute atomic E-state index is 11.9. The van der Waals surface area contributed by atoms with Crippen molar-refractivity contribution in [1.29, 1.82) is 0 Å². The van der Waals surface area contributed by atoms with Gasteiger partial charge in [-0.2, -0.15) is 0 Å². The Labute approximate surface area is 102 Å². The lowest BCUT2D eigenvalue weighted by Crippen LogP contribution is -2.28. The lowest BCUT2D eigenvalue weighted by Gasteiger charge is -2.18. The number of hydrogen-bond acceptors (Lipinski definition) is 3. The van der Waals surface area contributed by atoms with Gasteiger partial charge in [0, 0.05) is 0 Å². The molecule has 1 aliphatic rings. The Kier molecular flexibility index (Phi) is 3.79. The average Bonchev–Trinajstić information content (AvgIpc) is 3.15. The van der Waals surface area contributed by atoms with Crippen molar-refractivity contribution in [2.45, 2.75) is 31.7 Å². The van der Waals surface area contributed by atoms with E-state index in [0.717, 1.165) is 5.56 Å². The molecule has 1 aromatic rings. The quantitative estimate of drug-likeness (QED) is 0.794. The van der Waals surface area contributed by atoms with Gasteiger partial charge in [0.05, 0.1) is 6.61 Å². The summed E-state index contributed by atoms with van der Waals surface area (Å²) in [5.41, 5.74) is 2.36. The summed E-state index contributed by atoms with van der Waals surface area (Å²) in [6.45, 7) is 2.25. The Morgan fingerprint density at radius 3 is 2.76 bits per heavy atom. The van der Waals surface area contributed by atoms with Crippen molar-refractivity contribution in [2.24, 2.45) is 0 Å². The van der Waals surface area contributed by atoms with Crippen molar-refractivity contribution < 1.29 is 9.53 Å². The molecule has 0 radical (unpaired) electrons. The summed E-state index contributed by atoms with van der Waals surface area (Å²) in [4.78, 5) is 11.9. The Bertz CT molecular complexity index is 399. The minimum Gasteiger partial charge on any atom is -0.465 e. The van der Waals surface area contributed by atoms with Gasteiger partial charge in [0.15, 0.2) is 0 Å². The summed E-state index contributed by atoms with van der Waals surface area (Å²) >= 11 is 0. The highest BCUT2D eigenvalue weighted by Gasteiger charge is 2.30. The zero-order valence-corrected chi connectivity index (χ0v) is 10.4. The van der Waals surface area contributed by atoms with Crippen LogP contribution < -0.4 is 5.32 Å². The number of rotatable bonds is 5. The van der Waals surface area contributed by atoms with Crippen LogP contribution in [0, 0.1) is 0 Å². The fourth-order valence-electron chi connectivity index (χ4n) is 2.17. The smallest absolute Gasteiger partial charge is 0.327 e. The van der Waals surface area contributed by atoms with Gasteiger partial charge in [-0.1, -0.05) is 24.3 Å². The molecule has 0 saturated heterocycles. The Morgan fingerprint density at radius 2 is 2.18 bits per heavy atom. The first-order valence-electron chi connectivity index (χ1n) is 6.20. The van der Waals surface area contributed by atoms with Gasteiger partial charge < -0.3 is 10.1 Å². The van der Waals surface area contributed by atoms with Crippen LogP contribution in [-0.4, -0.2) is 19.6 Å². The highest BCUT2D eigenvalue weighted by atomic mass is 16.5. The molecule has 1 aromatic carbocycles. The van der Waals surface area contributed by atoms with Crippen molar-refractivity contribution >= 4 is 5.97 Å². The first-order valence-corrected chi connectivity index (χ1v) is 6.20. The number of likely N-dealkylation sites (N-methyl/N-ethyl adjacent to an activating group) is 1. The molecule has 0 aromatic heterocycles. The highest BCUT2D eigenvalue weighted by Crippen LogP contribution is 2.42. The van der Waals surface area contributed by atoms with E-state index in [-0.39, 0.29) is 12.0 Å². The van der Waals surface area contributed by atoms with Gasteiger partial charge in [-0.3, -0.25) is 0 Å². The molecule has 17 heavy (non-hydrogen) atoms. The fraction of sp³-hybridized carbons (Fsp3) is 0.500. The maximum atomic E-state index is 11.9. The summed E-state index contributed by atoms with van der Waals surface area (Å²) < 4.78 is 5.10. The molecule has 1 fully saturated rings. The van der Waals surface area contributed by atoms with Gasteiger partial charge in [0.25, 0.3) is 0 Å². The number of benzene rings is 1. The molecule has 3 nitrogen and oxygen atoms in total. The lowest BCUT2D eigenvalue weighted by molar-refractivity contribution is -0.145. The van der Waals surface area contributed by atoms with Crippen LogP contribution in [0.15, 0.2) is 24.3 Å². The number of carbonyl (C=O) groups excluding carboxylic acids is 1. The van der Waals surface area contributed by atoms with Crippen LogP contribution in [0.2, 0.25) is 0 Å². The predicted molar refractivity (Wildman–Crippen MR) is 66.9 cm³/mol. The number of esters is 1. The first-order chi connectivity index (χ1) is 8.27. The lowest BCUT2D eigenvalue weighted by atomic mass is 9.97. The van der Waals surface area contributed by atoms with Crippen LogP contribution in [0.1, 0.15) is 42.9 Å². The Hall–Kier alpha value is -1.35. The third-order valence-electron chi connectivity index (χ3n) is 3.14. The molecule has 0 heterocycles. The first kappa shape index (κ1) is 12.1. The van der Waals surface area contributed by atoms with E-state index in [4.69, 9.17) is 4.74 Å². The summed E-state index contributed by atoms with van der Waals surface area (Å²) in [6.07, 6.45) is 2.46. The van der Waals surface area contributed by atoms with Crippen LogP contribution in [0.5, 0.6) is 0 Å². The van der Waals surface area contributed by atoms with Crippen LogP contribution in [0.4, 0.5) is 0 Å². The van der Waals surface area contributed by atoms with Crippen molar-refractivity contribution in [3.8, 4) is 0 Å². The fourth-order valence-corrected chi connectivity index (χ4v) is 2.17. The van der Waals surface area contributed by atoms with Gasteiger partial charge in [-0.25, -0.2) is 4.79 Å². The van der Waals surface area contributed by atoms with E-state index in [2.05, 4.69) is 11.4 Å². The van der Waals surface area contributed by atoms with E-state index in [0.29, 0.717) is 12.5 Å². The Morgan fingerprint density at radius 1 is 1.47 bits per heavy atom. The molecule has 2 rings (SSSR count). The second-order valence-electron chi connectivity index (χ2n) is 4.38. The standard InChI is InChI=1S/C14H19NO2/c1-3-17-14(16)13(15-2)12-7-5-4-6-11(12)10-8-9-10/h4-7,10,13,15H,3,8-9H2,1-2H3. The molecule has 0 bridgehead atoms. The van der Waals surface area contributed by atoms with E-state index >= 15 is 0 Å². The monoisotopic (exact) mass is 233 g/mol. The molecular weight excluding hydrogens is 214 g/mol. The largest absolute Gasteiger partial charge is 0.465 e. The summed E-state index contributed by atoms with van der Waals surface area (Å²) in [5.74, 6) is 0.444. The van der Waals surface area contributed by atoms with E-state index in [1.54, 1.807) is 7.05 Å². The molecule has 1 atom stereocenters. The SMILES string of the molecule is CCOC(=O)C(NC)c1ccccc1C1CC1. The summed E-state index contributed by atoms with van der Waals surface area (Å²) in [7, 11) is 1.80. The summed E-state index contributed by atoms with van der Waals surface area (Å²) in [5, 5.41) is 3.05. The third-order valence-corrected chi connectivity index (χ3v) is 3.14. The van der Waals surface area contributed by atoms with Crippen molar-refractivity contribution in [1.82, 2.24) is 5.32 Å². The van der Waals surface area contributed by atoms with Gasteiger partial charge >= 0.3 is 5.97 Å². The molecule has 3 heteroatoms. The molecule has 92 valence electrons. The molecule has 1 saturated carbocycles. The molecule has 1 aliphatic carbocycles. The molecule has 0 spiro atoms. The van der Waals surface area contributed by atoms with E-state index < -0.39 is 0 Å². The second-order valence-corrected chi connectivity index (χ2v) is 4.38. The van der Waals surface area contributed by atoms with Crippen LogP contribution in [0.25, 0.3) is 0 Å². The topological polar surface area (TPSA) is 38.3 Å². The van der Waals surface area contributed by atoms with Crippen molar-refractivity contribution in [3.63, 3.8) is 0 Å². The summed E-state index contributed by atoms with van der Waals surface area (Å²) in [6, 6.07) is 7.81. The zero-order chi connectivity index (χ0) is 12.3. The van der Waals surface area contributed by atoms with E-state index in [1.165, 1.54) is 18.4 Å². The van der Waals surface area contributed by atoms with E-state index in [1.807, 2.05) is 25.1 Å². The third kappa shape index (κ3) is 2.67. The zero-order valence-electron chi connectivity index (χ0n) is 10.4. The average molecular weight is 233 g/mol. The van der Waals surface area contributed by atoms with Crippen molar-refractivity contribution in [3.05, 3.63) is 35.4 Å².